The van der Waals surface area contributed by atoms with E-state index in [0.717, 1.165) is 22.2 Å². The van der Waals surface area contributed by atoms with Crippen LogP contribution in [0.15, 0.2) is 48.5 Å². The summed E-state index contributed by atoms with van der Waals surface area (Å²) in [5, 5.41) is 9.46. The first-order chi connectivity index (χ1) is 15.5. The van der Waals surface area contributed by atoms with Crippen LogP contribution in [0.5, 0.6) is 0 Å². The van der Waals surface area contributed by atoms with Crippen molar-refractivity contribution < 1.29 is 14.3 Å². The fourth-order valence-electron chi connectivity index (χ4n) is 4.07. The molecule has 8 heteroatoms. The Bertz CT molecular complexity index is 1110. The van der Waals surface area contributed by atoms with Gasteiger partial charge in [0.2, 0.25) is 5.91 Å². The summed E-state index contributed by atoms with van der Waals surface area (Å²) in [5.74, 6) is -0.0986. The first-order valence-electron chi connectivity index (χ1n) is 10.9. The van der Waals surface area contributed by atoms with Crippen molar-refractivity contribution >= 4 is 34.5 Å². The van der Waals surface area contributed by atoms with Gasteiger partial charge in [0.1, 0.15) is 11.7 Å². The van der Waals surface area contributed by atoms with Gasteiger partial charge in [-0.2, -0.15) is 5.10 Å². The zero-order chi connectivity index (χ0) is 22.7. The van der Waals surface area contributed by atoms with Gasteiger partial charge >= 0.3 is 6.09 Å². The van der Waals surface area contributed by atoms with E-state index in [9.17, 15) is 9.59 Å². The molecule has 1 aliphatic heterocycles. The number of fused-ring (bicyclic) bond motifs is 1. The van der Waals surface area contributed by atoms with E-state index in [2.05, 4.69) is 5.32 Å². The number of nitrogens with one attached hydrogen (secondary N) is 1. The van der Waals surface area contributed by atoms with Crippen LogP contribution in [0.4, 0.5) is 4.79 Å². The molecule has 0 spiro atoms. The van der Waals surface area contributed by atoms with Crippen LogP contribution in [0, 0.1) is 0 Å². The fraction of sp³-hybridized carbons (Fsp3) is 0.375. The molecule has 2 heterocycles. The summed E-state index contributed by atoms with van der Waals surface area (Å²) in [6.07, 6.45) is 1.10. The third-order valence-corrected chi connectivity index (χ3v) is 6.06. The van der Waals surface area contributed by atoms with E-state index in [1.807, 2.05) is 55.5 Å². The number of aromatic nitrogens is 2. The van der Waals surface area contributed by atoms with Gasteiger partial charge in [0.15, 0.2) is 0 Å². The maximum Gasteiger partial charge on any atom is 0.409 e. The highest BCUT2D eigenvalue weighted by Crippen LogP contribution is 2.31. The number of hydrogen-bond acceptors (Lipinski definition) is 4. The summed E-state index contributed by atoms with van der Waals surface area (Å²) < 4.78 is 6.82. The molecule has 0 aliphatic carbocycles. The molecule has 0 radical (unpaired) electrons. The lowest BCUT2D eigenvalue weighted by atomic mass is 10.0. The second-order valence-electron chi connectivity index (χ2n) is 7.97. The van der Waals surface area contributed by atoms with Crippen molar-refractivity contribution in [3.8, 4) is 11.3 Å². The number of benzene rings is 2. The van der Waals surface area contributed by atoms with Gasteiger partial charge in [0.25, 0.3) is 0 Å². The summed E-state index contributed by atoms with van der Waals surface area (Å²) >= 11 is 6.26. The van der Waals surface area contributed by atoms with Crippen molar-refractivity contribution in [1.82, 2.24) is 20.0 Å². The average Bonchev–Trinajstić information content (AvgIpc) is 3.18. The predicted molar refractivity (Wildman–Crippen MR) is 125 cm³/mol. The molecular weight excluding hydrogens is 428 g/mol. The summed E-state index contributed by atoms with van der Waals surface area (Å²) in [4.78, 5) is 26.7. The number of hydrogen-bond donors (Lipinski definition) is 1. The van der Waals surface area contributed by atoms with Crippen molar-refractivity contribution in [3.05, 3.63) is 53.6 Å². The number of piperidine rings is 1. The smallest absolute Gasteiger partial charge is 0.409 e. The van der Waals surface area contributed by atoms with Crippen LogP contribution in [-0.4, -0.2) is 52.4 Å². The van der Waals surface area contributed by atoms with E-state index in [0.29, 0.717) is 37.6 Å². The SMILES string of the molecule is CCOC(=O)N1CCC(NC(=O)[C@@H](C)n2nc(-c3ccccc3)c3cc(Cl)ccc32)CC1. The molecule has 0 unspecified atom stereocenters. The molecule has 4 rings (SSSR count). The Morgan fingerprint density at radius 1 is 1.19 bits per heavy atom. The van der Waals surface area contributed by atoms with E-state index in [4.69, 9.17) is 21.4 Å². The molecule has 168 valence electrons. The molecule has 1 aliphatic rings. The van der Waals surface area contributed by atoms with Crippen molar-refractivity contribution in [2.24, 2.45) is 0 Å². The molecule has 1 saturated heterocycles. The van der Waals surface area contributed by atoms with E-state index in [-0.39, 0.29) is 18.0 Å². The molecule has 1 fully saturated rings. The van der Waals surface area contributed by atoms with Crippen molar-refractivity contribution in [2.45, 2.75) is 38.8 Å². The topological polar surface area (TPSA) is 76.5 Å². The molecule has 0 bridgehead atoms. The van der Waals surface area contributed by atoms with Gasteiger partial charge in [-0.3, -0.25) is 9.48 Å². The Morgan fingerprint density at radius 3 is 2.59 bits per heavy atom. The van der Waals surface area contributed by atoms with E-state index in [1.54, 1.807) is 16.5 Å². The van der Waals surface area contributed by atoms with Crippen LogP contribution in [0.3, 0.4) is 0 Å². The quantitative estimate of drug-likeness (QED) is 0.608. The van der Waals surface area contributed by atoms with Gasteiger partial charge < -0.3 is 15.0 Å². The van der Waals surface area contributed by atoms with Crippen LogP contribution < -0.4 is 5.32 Å². The number of ether oxygens (including phenoxy) is 1. The van der Waals surface area contributed by atoms with Crippen molar-refractivity contribution in [2.75, 3.05) is 19.7 Å². The van der Waals surface area contributed by atoms with Gasteiger partial charge in [-0.15, -0.1) is 0 Å². The minimum Gasteiger partial charge on any atom is -0.450 e. The lowest BCUT2D eigenvalue weighted by Gasteiger charge is -2.32. The third-order valence-electron chi connectivity index (χ3n) is 5.83. The number of rotatable bonds is 5. The fourth-order valence-corrected chi connectivity index (χ4v) is 4.24. The highest BCUT2D eigenvalue weighted by atomic mass is 35.5. The maximum absolute atomic E-state index is 13.1. The molecule has 3 aromatic rings. The summed E-state index contributed by atoms with van der Waals surface area (Å²) in [7, 11) is 0. The number of amides is 2. The Labute approximate surface area is 192 Å². The van der Waals surface area contributed by atoms with Crippen LogP contribution in [-0.2, 0) is 9.53 Å². The average molecular weight is 455 g/mol. The monoisotopic (exact) mass is 454 g/mol. The zero-order valence-corrected chi connectivity index (χ0v) is 19.0. The molecule has 0 saturated carbocycles. The Morgan fingerprint density at radius 2 is 1.91 bits per heavy atom. The molecule has 1 N–H and O–H groups in total. The largest absolute Gasteiger partial charge is 0.450 e. The summed E-state index contributed by atoms with van der Waals surface area (Å²) in [5.41, 5.74) is 2.62. The number of carbonyl (C=O) groups excluding carboxylic acids is 2. The Kier molecular flexibility index (Phi) is 6.65. The van der Waals surface area contributed by atoms with Gasteiger partial charge in [0.05, 0.1) is 12.1 Å². The number of halogens is 1. The Balaban J connectivity index is 1.51. The lowest BCUT2D eigenvalue weighted by Crippen LogP contribution is -2.48. The normalized spacial score (nSPS) is 15.5. The lowest BCUT2D eigenvalue weighted by molar-refractivity contribution is -0.125. The van der Waals surface area contributed by atoms with Gasteiger partial charge in [-0.25, -0.2) is 4.79 Å². The van der Waals surface area contributed by atoms with E-state index >= 15 is 0 Å². The maximum atomic E-state index is 13.1. The molecule has 7 nitrogen and oxygen atoms in total. The molecule has 2 amide bonds. The van der Waals surface area contributed by atoms with E-state index < -0.39 is 6.04 Å². The van der Waals surface area contributed by atoms with Crippen molar-refractivity contribution in [3.63, 3.8) is 0 Å². The minimum atomic E-state index is -0.501. The predicted octanol–water partition coefficient (Wildman–Crippen LogP) is 4.65. The number of likely N-dealkylation sites (tertiary alicyclic amines) is 1. The molecule has 2 aromatic carbocycles. The molecule has 1 aromatic heterocycles. The second kappa shape index (κ2) is 9.61. The molecule has 32 heavy (non-hydrogen) atoms. The second-order valence-corrected chi connectivity index (χ2v) is 8.40. The van der Waals surface area contributed by atoms with Crippen molar-refractivity contribution in [1.29, 1.82) is 0 Å². The van der Waals surface area contributed by atoms with Gasteiger partial charge in [0, 0.05) is 35.1 Å². The first-order valence-corrected chi connectivity index (χ1v) is 11.3. The number of nitrogens with zero attached hydrogens (tertiary/aromatic N) is 3. The van der Waals surface area contributed by atoms with E-state index in [1.165, 1.54) is 0 Å². The highest BCUT2D eigenvalue weighted by Gasteiger charge is 2.27. The van der Waals surface area contributed by atoms with Gasteiger partial charge in [-0.05, 0) is 44.9 Å². The van der Waals surface area contributed by atoms with Crippen LogP contribution in [0.1, 0.15) is 32.7 Å². The standard InChI is InChI=1S/C24H27ClN4O3/c1-3-32-24(31)28-13-11-19(12-14-28)26-23(30)16(2)29-21-10-9-18(25)15-20(21)22(27-29)17-7-5-4-6-8-17/h4-10,15-16,19H,3,11-14H2,1-2H3,(H,26,30)/t16-/m1/s1. The van der Waals surface area contributed by atoms with Crippen LogP contribution in [0.25, 0.3) is 22.2 Å². The third kappa shape index (κ3) is 4.58. The molecular formula is C24H27ClN4O3. The molecule has 1 atom stereocenters. The Hall–Kier alpha value is -3.06. The number of carbonyl (C=O) groups is 2. The zero-order valence-electron chi connectivity index (χ0n) is 18.3. The van der Waals surface area contributed by atoms with Crippen LogP contribution >= 0.6 is 11.6 Å². The first kappa shape index (κ1) is 22.1. The van der Waals surface area contributed by atoms with Crippen LogP contribution in [0.2, 0.25) is 5.02 Å². The summed E-state index contributed by atoms with van der Waals surface area (Å²) in [6, 6.07) is 15.0. The van der Waals surface area contributed by atoms with Gasteiger partial charge in [-0.1, -0.05) is 41.9 Å². The summed E-state index contributed by atoms with van der Waals surface area (Å²) in [6.45, 7) is 5.14. The highest BCUT2D eigenvalue weighted by molar-refractivity contribution is 6.31. The minimum absolute atomic E-state index is 0.0143.